The number of amides is 1. The molecule has 8 heteroatoms. The van der Waals surface area contributed by atoms with Crippen molar-refractivity contribution >= 4 is 5.91 Å². The minimum absolute atomic E-state index is 0.187. The van der Waals surface area contributed by atoms with Crippen molar-refractivity contribution in [1.29, 1.82) is 0 Å². The van der Waals surface area contributed by atoms with Crippen molar-refractivity contribution in [2.75, 3.05) is 19.7 Å². The van der Waals surface area contributed by atoms with Crippen LogP contribution in [0.15, 0.2) is 33.3 Å². The Morgan fingerprint density at radius 2 is 2.11 bits per heavy atom. The van der Waals surface area contributed by atoms with E-state index in [0.29, 0.717) is 25.4 Å². The van der Waals surface area contributed by atoms with Gasteiger partial charge < -0.3 is 18.7 Å². The molecule has 146 valence electrons. The number of nitrogens with zero attached hydrogens (tertiary/aromatic N) is 4. The molecular weight excluding hydrogens is 360 g/mol. The average Bonchev–Trinajstić information content (AvgIpc) is 3.33. The third-order valence-corrected chi connectivity index (χ3v) is 4.80. The van der Waals surface area contributed by atoms with E-state index in [1.165, 1.54) is 0 Å². The van der Waals surface area contributed by atoms with Gasteiger partial charge in [-0.05, 0) is 26.0 Å². The summed E-state index contributed by atoms with van der Waals surface area (Å²) in [7, 11) is 0. The molecular formula is C20H22N4O4. The van der Waals surface area contributed by atoms with E-state index in [9.17, 15) is 4.79 Å². The van der Waals surface area contributed by atoms with E-state index < -0.39 is 0 Å². The molecule has 0 aromatic carbocycles. The lowest BCUT2D eigenvalue weighted by molar-refractivity contribution is -0.0258. The first-order chi connectivity index (χ1) is 13.6. The minimum atomic E-state index is -0.313. The SMILES string of the molecule is CCc1onc(C)c1-c1cccc([C@@H]2CN(C(=O)c3cc(C)no3)CCO2)n1. The van der Waals surface area contributed by atoms with Crippen LogP contribution in [0, 0.1) is 13.8 Å². The van der Waals surface area contributed by atoms with Gasteiger partial charge in [0.1, 0.15) is 11.9 Å². The number of hydrogen-bond acceptors (Lipinski definition) is 7. The van der Waals surface area contributed by atoms with Crippen molar-refractivity contribution in [2.45, 2.75) is 33.3 Å². The quantitative estimate of drug-likeness (QED) is 0.684. The van der Waals surface area contributed by atoms with E-state index in [2.05, 4.69) is 10.3 Å². The maximum atomic E-state index is 12.7. The number of rotatable bonds is 4. The van der Waals surface area contributed by atoms with Crippen molar-refractivity contribution in [2.24, 2.45) is 0 Å². The predicted molar refractivity (Wildman–Crippen MR) is 99.7 cm³/mol. The first-order valence-electron chi connectivity index (χ1n) is 9.33. The van der Waals surface area contributed by atoms with Crippen LogP contribution in [0.25, 0.3) is 11.3 Å². The van der Waals surface area contributed by atoms with E-state index >= 15 is 0 Å². The number of carbonyl (C=O) groups excluding carboxylic acids is 1. The Kier molecular flexibility index (Phi) is 4.95. The summed E-state index contributed by atoms with van der Waals surface area (Å²) < 4.78 is 16.4. The van der Waals surface area contributed by atoms with Crippen LogP contribution < -0.4 is 0 Å². The van der Waals surface area contributed by atoms with Crippen molar-refractivity contribution in [3.8, 4) is 11.3 Å². The minimum Gasteiger partial charge on any atom is -0.368 e. The van der Waals surface area contributed by atoms with Gasteiger partial charge in [0.05, 0.1) is 41.5 Å². The number of pyridine rings is 1. The molecule has 0 bridgehead atoms. The van der Waals surface area contributed by atoms with E-state index in [1.807, 2.05) is 32.0 Å². The molecule has 3 aromatic heterocycles. The lowest BCUT2D eigenvalue weighted by Crippen LogP contribution is -2.42. The predicted octanol–water partition coefficient (Wildman–Crippen LogP) is 3.12. The number of aromatic nitrogens is 3. The van der Waals surface area contributed by atoms with Gasteiger partial charge in [0.2, 0.25) is 5.76 Å². The second kappa shape index (κ2) is 7.55. The van der Waals surface area contributed by atoms with Crippen LogP contribution in [0.3, 0.4) is 0 Å². The van der Waals surface area contributed by atoms with Crippen LogP contribution in [0.5, 0.6) is 0 Å². The van der Waals surface area contributed by atoms with Crippen molar-refractivity contribution < 1.29 is 18.6 Å². The number of hydrogen-bond donors (Lipinski definition) is 0. The molecule has 4 heterocycles. The van der Waals surface area contributed by atoms with Crippen LogP contribution in [-0.4, -0.2) is 45.8 Å². The smallest absolute Gasteiger partial charge is 0.292 e. The molecule has 8 nitrogen and oxygen atoms in total. The van der Waals surface area contributed by atoms with Gasteiger partial charge >= 0.3 is 0 Å². The summed E-state index contributed by atoms with van der Waals surface area (Å²) >= 11 is 0. The standard InChI is InChI=1S/C20H22N4O4/c1-4-16-19(13(3)23-27-16)15-7-5-6-14(21-15)18-11-24(8-9-26-18)20(25)17-10-12(2)22-28-17/h5-7,10,18H,4,8-9,11H2,1-3H3/t18-/m0/s1. The molecule has 4 rings (SSSR count). The van der Waals surface area contributed by atoms with Gasteiger partial charge in [-0.3, -0.25) is 4.79 Å². The van der Waals surface area contributed by atoms with Crippen LogP contribution >= 0.6 is 0 Å². The molecule has 0 N–H and O–H groups in total. The van der Waals surface area contributed by atoms with Gasteiger partial charge in [-0.15, -0.1) is 0 Å². The largest absolute Gasteiger partial charge is 0.368 e. The van der Waals surface area contributed by atoms with Crippen LogP contribution in [-0.2, 0) is 11.2 Å². The molecule has 3 aromatic rings. The van der Waals surface area contributed by atoms with Crippen molar-refractivity contribution in [1.82, 2.24) is 20.2 Å². The fourth-order valence-corrected chi connectivity index (χ4v) is 3.39. The summed E-state index contributed by atoms with van der Waals surface area (Å²) in [5.74, 6) is 0.866. The fraction of sp³-hybridized carbons (Fsp3) is 0.400. The van der Waals surface area contributed by atoms with Gasteiger partial charge in [-0.2, -0.15) is 0 Å². The molecule has 0 spiro atoms. The highest BCUT2D eigenvalue weighted by molar-refractivity contribution is 5.91. The Balaban J connectivity index is 1.57. The van der Waals surface area contributed by atoms with E-state index in [0.717, 1.165) is 34.8 Å². The molecule has 1 atom stereocenters. The topological polar surface area (TPSA) is 94.5 Å². The number of morpholine rings is 1. The molecule has 0 radical (unpaired) electrons. The van der Waals surface area contributed by atoms with Crippen LogP contribution in [0.2, 0.25) is 0 Å². The van der Waals surface area contributed by atoms with Crippen molar-refractivity contribution in [3.63, 3.8) is 0 Å². The summed E-state index contributed by atoms with van der Waals surface area (Å²) in [6, 6.07) is 7.43. The zero-order valence-corrected chi connectivity index (χ0v) is 16.1. The normalized spacial score (nSPS) is 17.1. The highest BCUT2D eigenvalue weighted by Crippen LogP contribution is 2.29. The van der Waals surface area contributed by atoms with Gasteiger partial charge in [0.15, 0.2) is 0 Å². The first-order valence-corrected chi connectivity index (χ1v) is 9.33. The maximum Gasteiger partial charge on any atom is 0.292 e. The summed E-state index contributed by atoms with van der Waals surface area (Å²) in [4.78, 5) is 19.2. The summed E-state index contributed by atoms with van der Waals surface area (Å²) in [5.41, 5.74) is 3.98. The number of ether oxygens (including phenoxy) is 1. The maximum absolute atomic E-state index is 12.7. The summed E-state index contributed by atoms with van der Waals surface area (Å²) in [6.07, 6.45) is 0.424. The Labute approximate surface area is 162 Å². The van der Waals surface area contributed by atoms with Gasteiger partial charge in [0, 0.05) is 19.0 Å². The zero-order valence-electron chi connectivity index (χ0n) is 16.1. The Morgan fingerprint density at radius 1 is 1.25 bits per heavy atom. The molecule has 0 aliphatic carbocycles. The van der Waals surface area contributed by atoms with Gasteiger partial charge in [-0.25, -0.2) is 4.98 Å². The lowest BCUT2D eigenvalue weighted by Gasteiger charge is -2.32. The third kappa shape index (κ3) is 3.43. The van der Waals surface area contributed by atoms with Gasteiger partial charge in [0.25, 0.3) is 5.91 Å². The van der Waals surface area contributed by atoms with E-state index in [-0.39, 0.29) is 17.8 Å². The van der Waals surface area contributed by atoms with E-state index in [1.54, 1.807) is 17.9 Å². The number of carbonyl (C=O) groups is 1. The van der Waals surface area contributed by atoms with Crippen LogP contribution in [0.1, 0.15) is 46.4 Å². The molecule has 1 aliphatic rings. The third-order valence-electron chi connectivity index (χ3n) is 4.80. The molecule has 1 amide bonds. The number of aryl methyl sites for hydroxylation is 3. The van der Waals surface area contributed by atoms with Gasteiger partial charge in [-0.1, -0.05) is 23.3 Å². The lowest BCUT2D eigenvalue weighted by atomic mass is 10.1. The first kappa shape index (κ1) is 18.4. The van der Waals surface area contributed by atoms with E-state index in [4.69, 9.17) is 18.8 Å². The Hall–Kier alpha value is -3.00. The molecule has 1 saturated heterocycles. The highest BCUT2D eigenvalue weighted by atomic mass is 16.5. The highest BCUT2D eigenvalue weighted by Gasteiger charge is 2.29. The van der Waals surface area contributed by atoms with Crippen molar-refractivity contribution in [3.05, 3.63) is 52.9 Å². The Bertz CT molecular complexity index is 994. The average molecular weight is 382 g/mol. The second-order valence-electron chi connectivity index (χ2n) is 6.81. The molecule has 1 fully saturated rings. The molecule has 0 unspecified atom stereocenters. The molecule has 28 heavy (non-hydrogen) atoms. The second-order valence-corrected chi connectivity index (χ2v) is 6.81. The van der Waals surface area contributed by atoms with Crippen LogP contribution in [0.4, 0.5) is 0 Å². The monoisotopic (exact) mass is 382 g/mol. The molecule has 0 saturated carbocycles. The fourth-order valence-electron chi connectivity index (χ4n) is 3.39. The summed E-state index contributed by atoms with van der Waals surface area (Å²) in [6.45, 7) is 7.05. The summed E-state index contributed by atoms with van der Waals surface area (Å²) in [5, 5.41) is 7.85. The molecule has 1 aliphatic heterocycles. The zero-order chi connectivity index (χ0) is 19.7. The Morgan fingerprint density at radius 3 is 2.86 bits per heavy atom.